The largest absolute Gasteiger partial charge is 0.481 e. The van der Waals surface area contributed by atoms with Crippen molar-refractivity contribution in [2.45, 2.75) is 11.9 Å². The number of nitrogens with zero attached hydrogens (tertiary/aromatic N) is 3. The summed E-state index contributed by atoms with van der Waals surface area (Å²) in [6.45, 7) is 1.08. The fourth-order valence-corrected chi connectivity index (χ4v) is 1.97. The van der Waals surface area contributed by atoms with Gasteiger partial charge in [-0.05, 0) is 5.75 Å². The van der Waals surface area contributed by atoms with E-state index in [9.17, 15) is 0 Å². The monoisotopic (exact) mass is 272 g/mol. The normalized spacial score (nSPS) is 9.76. The maximum absolute atomic E-state index is 9.00. The van der Waals surface area contributed by atoms with Crippen molar-refractivity contribution in [1.29, 1.82) is 0 Å². The molecule has 0 spiro atoms. The Morgan fingerprint density at radius 1 is 1.53 bits per heavy atom. The summed E-state index contributed by atoms with van der Waals surface area (Å²) in [7, 11) is 0. The van der Waals surface area contributed by atoms with Gasteiger partial charge < -0.3 is 10.1 Å². The molecule has 2 heterocycles. The van der Waals surface area contributed by atoms with Crippen molar-refractivity contribution in [3.8, 4) is 0 Å². The first kappa shape index (κ1) is 13.8. The molecule has 2 rings (SSSR count). The third-order valence-electron chi connectivity index (χ3n) is 1.52. The number of nitrogens with one attached hydrogen (secondary N) is 1. The Hall–Kier alpha value is -1.28. The van der Waals surface area contributed by atoms with E-state index in [1.165, 1.54) is 6.33 Å². The Bertz CT molecular complexity index is 485. The van der Waals surface area contributed by atoms with Crippen LogP contribution in [0.2, 0.25) is 0 Å². The summed E-state index contributed by atoms with van der Waals surface area (Å²) in [5.41, 5.74) is 1.63. The van der Waals surface area contributed by atoms with Gasteiger partial charge in [-0.1, -0.05) is 0 Å². The highest BCUT2D eigenvalue weighted by Crippen LogP contribution is 2.21. The number of hydrogen-bond donors (Lipinski definition) is 3. The highest BCUT2D eigenvalue weighted by Gasteiger charge is 2.04. The van der Waals surface area contributed by atoms with Crippen molar-refractivity contribution in [1.82, 2.24) is 19.9 Å². The maximum Gasteiger partial charge on any atom is 0.300 e. The molecule has 0 amide bonds. The molecule has 2 N–H and O–H groups in total. The molecule has 2 aromatic heterocycles. The molecule has 0 unspecified atom stereocenters. The zero-order valence-electron chi connectivity index (χ0n) is 9.12. The molecule has 0 bridgehead atoms. The van der Waals surface area contributed by atoms with Gasteiger partial charge in [0.25, 0.3) is 5.97 Å². The number of carboxylic acids is 1. The van der Waals surface area contributed by atoms with Crippen LogP contribution in [-0.2, 0) is 4.79 Å². The van der Waals surface area contributed by atoms with Crippen molar-refractivity contribution in [3.05, 3.63) is 12.7 Å². The molecule has 92 valence electrons. The average molecular weight is 272 g/mol. The van der Waals surface area contributed by atoms with Gasteiger partial charge >= 0.3 is 0 Å². The van der Waals surface area contributed by atoms with Gasteiger partial charge in [0.05, 0.1) is 6.33 Å². The minimum absolute atomic E-state index is 0.719. The molecule has 0 aliphatic rings. The number of carbonyl (C=O) groups is 1. The van der Waals surface area contributed by atoms with Crippen LogP contribution in [0.1, 0.15) is 6.92 Å². The number of hydrogen-bond acceptors (Lipinski definition) is 6. The summed E-state index contributed by atoms with van der Waals surface area (Å²) < 4.78 is 0. The van der Waals surface area contributed by atoms with Gasteiger partial charge in [-0.25, -0.2) is 15.0 Å². The average Bonchev–Trinajstić information content (AvgIpc) is 2.73. The first-order valence-corrected chi connectivity index (χ1v) is 6.34. The minimum Gasteiger partial charge on any atom is -0.481 e. The maximum atomic E-state index is 9.00. The number of aliphatic carboxylic acids is 1. The van der Waals surface area contributed by atoms with E-state index in [0.29, 0.717) is 0 Å². The van der Waals surface area contributed by atoms with Crippen LogP contribution in [0.5, 0.6) is 0 Å². The van der Waals surface area contributed by atoms with Gasteiger partial charge in [0, 0.05) is 12.7 Å². The third kappa shape index (κ3) is 4.61. The zero-order chi connectivity index (χ0) is 12.7. The number of H-pyrrole nitrogens is 1. The van der Waals surface area contributed by atoms with E-state index in [1.807, 2.05) is 0 Å². The van der Waals surface area contributed by atoms with Crippen LogP contribution in [0.15, 0.2) is 17.7 Å². The van der Waals surface area contributed by atoms with Crippen molar-refractivity contribution in [2.75, 3.05) is 11.5 Å². The van der Waals surface area contributed by atoms with Gasteiger partial charge in [-0.2, -0.15) is 12.6 Å². The van der Waals surface area contributed by atoms with Gasteiger partial charge in [-0.3, -0.25) is 4.79 Å². The first-order chi connectivity index (χ1) is 8.15. The molecule has 0 aliphatic heterocycles. The molecule has 0 fully saturated rings. The van der Waals surface area contributed by atoms with Crippen molar-refractivity contribution >= 4 is 41.5 Å². The number of imidazole rings is 1. The predicted octanol–water partition coefficient (Wildman–Crippen LogP) is 1.47. The second-order valence-electron chi connectivity index (χ2n) is 2.87. The first-order valence-electron chi connectivity index (χ1n) is 4.72. The van der Waals surface area contributed by atoms with Crippen LogP contribution in [0, 0.1) is 0 Å². The summed E-state index contributed by atoms with van der Waals surface area (Å²) >= 11 is 5.80. The Labute approximate surface area is 108 Å². The van der Waals surface area contributed by atoms with Crippen LogP contribution in [0.25, 0.3) is 11.2 Å². The van der Waals surface area contributed by atoms with Crippen molar-refractivity contribution in [3.63, 3.8) is 0 Å². The minimum atomic E-state index is -0.833. The second-order valence-corrected chi connectivity index (χ2v) is 4.40. The van der Waals surface area contributed by atoms with Crippen LogP contribution in [-0.4, -0.2) is 42.5 Å². The Kier molecular flexibility index (Phi) is 5.78. The molecule has 0 saturated carbocycles. The molecule has 0 radical (unpaired) electrons. The van der Waals surface area contributed by atoms with Gasteiger partial charge in [0.15, 0.2) is 5.65 Å². The summed E-state index contributed by atoms with van der Waals surface area (Å²) in [6.07, 6.45) is 3.16. The summed E-state index contributed by atoms with van der Waals surface area (Å²) in [5.74, 6) is 0.943. The highest BCUT2D eigenvalue weighted by molar-refractivity contribution is 8.00. The molecular weight excluding hydrogens is 260 g/mol. The summed E-state index contributed by atoms with van der Waals surface area (Å²) in [4.78, 5) is 24.3. The molecule has 0 saturated heterocycles. The number of aromatic amines is 1. The number of thiol groups is 1. The van der Waals surface area contributed by atoms with E-state index in [0.717, 1.165) is 34.6 Å². The molecule has 0 aromatic carbocycles. The number of rotatable bonds is 3. The van der Waals surface area contributed by atoms with Gasteiger partial charge in [-0.15, -0.1) is 11.8 Å². The zero-order valence-corrected chi connectivity index (χ0v) is 10.8. The molecule has 17 heavy (non-hydrogen) atoms. The Balaban J connectivity index is 0.000000317. The van der Waals surface area contributed by atoms with E-state index < -0.39 is 5.97 Å². The Morgan fingerprint density at radius 2 is 2.24 bits per heavy atom. The number of aromatic nitrogens is 4. The number of carboxylic acid groups (broad SMARTS) is 1. The lowest BCUT2D eigenvalue weighted by Crippen LogP contribution is -1.87. The van der Waals surface area contributed by atoms with E-state index in [4.69, 9.17) is 9.90 Å². The lowest BCUT2D eigenvalue weighted by Gasteiger charge is -1.97. The molecule has 6 nitrogen and oxygen atoms in total. The molecule has 0 atom stereocenters. The van der Waals surface area contributed by atoms with Crippen molar-refractivity contribution < 1.29 is 9.90 Å². The molecule has 8 heteroatoms. The number of thioether (sulfide) groups is 1. The van der Waals surface area contributed by atoms with E-state index in [1.54, 1.807) is 18.1 Å². The smallest absolute Gasteiger partial charge is 0.300 e. The van der Waals surface area contributed by atoms with E-state index in [-0.39, 0.29) is 0 Å². The number of fused-ring (bicyclic) bond motifs is 1. The summed E-state index contributed by atoms with van der Waals surface area (Å²) in [6, 6.07) is 0. The lowest BCUT2D eigenvalue weighted by molar-refractivity contribution is -0.134. The lowest BCUT2D eigenvalue weighted by atomic mass is 10.6. The summed E-state index contributed by atoms with van der Waals surface area (Å²) in [5, 5.41) is 8.36. The SMILES string of the molecule is CC(=O)O.SCCSc1ncnc2nc[nH]c12. The quantitative estimate of drug-likeness (QED) is 0.445. The van der Waals surface area contributed by atoms with Crippen LogP contribution in [0.3, 0.4) is 0 Å². The van der Waals surface area contributed by atoms with Crippen LogP contribution in [0.4, 0.5) is 0 Å². The third-order valence-corrected chi connectivity index (χ3v) is 3.04. The molecule has 2 aromatic rings. The fourth-order valence-electron chi connectivity index (χ4n) is 0.995. The van der Waals surface area contributed by atoms with Gasteiger partial charge in [0.2, 0.25) is 0 Å². The second kappa shape index (κ2) is 7.13. The fraction of sp³-hybridized carbons (Fsp3) is 0.333. The van der Waals surface area contributed by atoms with E-state index in [2.05, 4.69) is 32.6 Å². The molecular formula is C9H12N4O2S2. The van der Waals surface area contributed by atoms with E-state index >= 15 is 0 Å². The standard InChI is InChI=1S/C7H8N4S2.C2H4O2/c12-1-2-13-7-5-6(9-3-8-5)10-4-11-7;1-2(3)4/h3-4,12H,1-2H2,(H,8,9,10,11);1H3,(H,3,4). The van der Waals surface area contributed by atoms with Crippen LogP contribution >= 0.6 is 24.4 Å². The van der Waals surface area contributed by atoms with Crippen LogP contribution < -0.4 is 0 Å². The Morgan fingerprint density at radius 3 is 2.88 bits per heavy atom. The highest BCUT2D eigenvalue weighted by atomic mass is 32.2. The topological polar surface area (TPSA) is 91.8 Å². The van der Waals surface area contributed by atoms with Crippen molar-refractivity contribution in [2.24, 2.45) is 0 Å². The van der Waals surface area contributed by atoms with Gasteiger partial charge in [0.1, 0.15) is 16.9 Å². The molecule has 0 aliphatic carbocycles. The predicted molar refractivity (Wildman–Crippen MR) is 69.6 cm³/mol.